The number of carbonyl (C=O) groups excluding carboxylic acids is 4. The quantitative estimate of drug-likeness (QED) is 0.0370. The predicted molar refractivity (Wildman–Crippen MR) is 317 cm³/mol. The summed E-state index contributed by atoms with van der Waals surface area (Å²) in [6.45, 7) is 29.6. The third kappa shape index (κ3) is 18.9. The highest BCUT2D eigenvalue weighted by Gasteiger charge is 2.53. The number of ketones is 1. The van der Waals surface area contributed by atoms with Crippen LogP contribution in [-0.2, 0) is 76.5 Å². The molecule has 0 radical (unpaired) electrons. The summed E-state index contributed by atoms with van der Waals surface area (Å²) in [7, 11) is 0.298. The highest BCUT2D eigenvalue weighted by molar-refractivity contribution is 7.89. The number of methoxy groups -OCH3 is 2. The van der Waals surface area contributed by atoms with Gasteiger partial charge < -0.3 is 72.5 Å². The third-order valence-electron chi connectivity index (χ3n) is 17.3. The molecule has 1 aromatic rings. The minimum Gasteiger partial charge on any atom is -0.461 e. The molecule has 0 aromatic heterocycles. The number of nitrogens with zero attached hydrogens (tertiary/aromatic N) is 2. The molecule has 22 atom stereocenters. The summed E-state index contributed by atoms with van der Waals surface area (Å²) >= 11 is 0. The van der Waals surface area contributed by atoms with Gasteiger partial charge in [0.05, 0.1) is 59.4 Å². The standard InChI is InChI=1S/C61H100N4O21S/c1-31(2)24-45(66)82-51-39(10)50(34(5)29-78-58-54(77-19)53(76-18)48(68)42(13)81-58)84-56(70)41(12)52(83-46-26-35(6)64(17)28-37(8)79-46)38(9)49(85-57-47(67)32(3)25-36(7)80-57)33(4)27-61(16,55(69)40(51)11)86-59(71)63-60(14,15)30-62-87(74,75)44-23-21-20-22-43(44)65(72)73/h20-23,31,33-42,46-54,57-58,62,67-68H,3,24-30H2,1-2,4-19H3,(H,63,71)/t33-,34-,35+,36+,37-,38+,39-,40+,41+,42+,46-,47+,48+,49-,50+,51+,52-,53+,54+,57-,58+,61-/m0/s1. The van der Waals surface area contributed by atoms with E-state index in [9.17, 15) is 38.3 Å². The number of hydrogen-bond donors (Lipinski definition) is 4. The van der Waals surface area contributed by atoms with E-state index in [4.69, 9.17) is 52.1 Å². The number of nitro benzene ring substituents is 1. The minimum atomic E-state index is -4.53. The molecular formula is C61H100N4O21S. The number of benzene rings is 1. The highest BCUT2D eigenvalue weighted by Crippen LogP contribution is 2.41. The van der Waals surface area contributed by atoms with Crippen molar-refractivity contribution in [3.05, 3.63) is 46.5 Å². The lowest BCUT2D eigenvalue weighted by Crippen LogP contribution is -2.59. The molecule has 0 aliphatic carbocycles. The number of Topliss-reactive ketones (excluding diaryl/α,β-unsaturated/α-hetero) is 1. The zero-order valence-electron chi connectivity index (χ0n) is 54.1. The van der Waals surface area contributed by atoms with Gasteiger partial charge in [-0.15, -0.1) is 0 Å². The second-order valence-corrected chi connectivity index (χ2v) is 27.8. The van der Waals surface area contributed by atoms with Gasteiger partial charge in [-0.05, 0) is 98.8 Å². The van der Waals surface area contributed by atoms with Crippen molar-refractivity contribution in [2.75, 3.05) is 41.0 Å². The Morgan fingerprint density at radius 1 is 0.885 bits per heavy atom. The number of sulfonamides is 1. The molecule has 496 valence electrons. The number of aliphatic hydroxyl groups is 2. The van der Waals surface area contributed by atoms with Gasteiger partial charge in [-0.1, -0.05) is 67.2 Å². The number of hydrogen-bond acceptors (Lipinski definition) is 22. The monoisotopic (exact) mass is 1260 g/mol. The average Bonchev–Trinajstić information content (AvgIpc) is 3.37. The van der Waals surface area contributed by atoms with E-state index in [1.807, 2.05) is 34.7 Å². The first-order chi connectivity index (χ1) is 40.5. The Hall–Kier alpha value is -4.29. The average molecular weight is 1260 g/mol. The molecule has 1 amide bonds. The van der Waals surface area contributed by atoms with Gasteiger partial charge in [0.25, 0.3) is 5.69 Å². The van der Waals surface area contributed by atoms with Crippen molar-refractivity contribution in [2.24, 2.45) is 41.4 Å². The van der Waals surface area contributed by atoms with Gasteiger partial charge in [0.1, 0.15) is 36.6 Å². The number of aliphatic hydroxyl groups excluding tert-OH is 2. The van der Waals surface area contributed by atoms with Crippen molar-refractivity contribution in [2.45, 2.75) is 238 Å². The molecule has 0 bridgehead atoms. The van der Waals surface area contributed by atoms with E-state index >= 15 is 9.59 Å². The van der Waals surface area contributed by atoms with Gasteiger partial charge in [0.15, 0.2) is 35.1 Å². The van der Waals surface area contributed by atoms with Crippen LogP contribution in [-0.4, -0.2) is 196 Å². The summed E-state index contributed by atoms with van der Waals surface area (Å²) in [6.07, 6.45) is -14.6. The number of carbonyl (C=O) groups is 4. The lowest BCUT2D eigenvalue weighted by molar-refractivity contribution is -0.387. The first-order valence-corrected chi connectivity index (χ1v) is 31.8. The molecule has 4 saturated heterocycles. The molecule has 26 heteroatoms. The number of amides is 1. The predicted octanol–water partition coefficient (Wildman–Crippen LogP) is 6.23. The summed E-state index contributed by atoms with van der Waals surface area (Å²) in [6, 6.07) is 4.75. The fourth-order valence-electron chi connectivity index (χ4n) is 12.4. The van der Waals surface area contributed by atoms with E-state index in [0.717, 1.165) is 12.1 Å². The molecule has 87 heavy (non-hydrogen) atoms. The maximum absolute atomic E-state index is 16.0. The van der Waals surface area contributed by atoms with Crippen LogP contribution in [0.5, 0.6) is 0 Å². The van der Waals surface area contributed by atoms with Gasteiger partial charge >= 0.3 is 18.0 Å². The van der Waals surface area contributed by atoms with E-state index < -0.39 is 182 Å². The molecule has 25 nitrogen and oxygen atoms in total. The van der Waals surface area contributed by atoms with Crippen LogP contribution in [0.2, 0.25) is 0 Å². The number of nitro groups is 1. The summed E-state index contributed by atoms with van der Waals surface area (Å²) in [5.41, 5.74) is -3.88. The van der Waals surface area contributed by atoms with Crippen molar-refractivity contribution in [3.8, 4) is 0 Å². The first kappa shape index (κ1) is 73.4. The van der Waals surface area contributed by atoms with Crippen LogP contribution in [0.1, 0.15) is 130 Å². The molecule has 0 spiro atoms. The number of para-hydroxylation sites is 1. The maximum atomic E-state index is 16.0. The Kier molecular flexibility index (Phi) is 26.3. The highest BCUT2D eigenvalue weighted by atomic mass is 32.2. The molecule has 4 heterocycles. The van der Waals surface area contributed by atoms with Gasteiger partial charge in [-0.3, -0.25) is 24.5 Å². The van der Waals surface area contributed by atoms with Gasteiger partial charge in [-0.2, -0.15) is 0 Å². The van der Waals surface area contributed by atoms with Crippen molar-refractivity contribution in [1.82, 2.24) is 14.9 Å². The lowest BCUT2D eigenvalue weighted by Gasteiger charge is -2.45. The van der Waals surface area contributed by atoms with Gasteiger partial charge in [0.2, 0.25) is 10.0 Å². The Bertz CT molecular complexity index is 2610. The van der Waals surface area contributed by atoms with E-state index in [-0.39, 0.29) is 37.5 Å². The minimum absolute atomic E-state index is 0.0366. The molecule has 4 fully saturated rings. The van der Waals surface area contributed by atoms with Crippen molar-refractivity contribution in [1.29, 1.82) is 0 Å². The molecule has 4 aliphatic heterocycles. The first-order valence-electron chi connectivity index (χ1n) is 30.3. The SMILES string of the molecule is C=C1C[C@@H](C)O[C@@H](O[C@@H]2[C@@H](C)[C@H](O[C@H]3C[C@@H](C)N(C)C[C@H](C)O3)[C@@H](C)C(=O)O[C@H]([C@@H](C)CO[C@@H]3O[C@H](C)[C@@H](O)[C@@H](OC)[C@H]3OC)[C@H](C)[C@@H](OC(=O)CC(C)C)[C@@H](C)C(=O)[C@@](C)(OC(=O)NC(C)(C)CNS(=O)(=O)c3ccccc3[N+](=O)[O-])C[C@@H]2C)[C@@H]1O. The number of ether oxygens (including phenoxy) is 11. The Labute approximate surface area is 514 Å². The summed E-state index contributed by atoms with van der Waals surface area (Å²) < 4.78 is 99.7. The number of nitrogens with one attached hydrogen (secondary N) is 2. The molecule has 5 rings (SSSR count). The number of rotatable bonds is 20. The Morgan fingerprint density at radius 2 is 1.53 bits per heavy atom. The lowest BCUT2D eigenvalue weighted by atomic mass is 9.74. The Morgan fingerprint density at radius 3 is 2.15 bits per heavy atom. The third-order valence-corrected chi connectivity index (χ3v) is 18.8. The fourth-order valence-corrected chi connectivity index (χ4v) is 13.8. The summed E-state index contributed by atoms with van der Waals surface area (Å²) in [4.78, 5) is 72.8. The Balaban J connectivity index is 1.69. The number of alkyl carbamates (subject to hydrolysis) is 1. The van der Waals surface area contributed by atoms with Crippen LogP contribution in [0, 0.1) is 51.5 Å². The second kappa shape index (κ2) is 31.2. The molecule has 0 saturated carbocycles. The van der Waals surface area contributed by atoms with Crippen LogP contribution in [0.25, 0.3) is 0 Å². The molecule has 0 unspecified atom stereocenters. The summed E-state index contributed by atoms with van der Waals surface area (Å²) in [5.74, 6) is -8.32. The zero-order chi connectivity index (χ0) is 65.4. The summed E-state index contributed by atoms with van der Waals surface area (Å²) in [5, 5.41) is 37.1. The van der Waals surface area contributed by atoms with Crippen molar-refractivity contribution < 1.29 is 94.8 Å². The van der Waals surface area contributed by atoms with Crippen LogP contribution in [0.15, 0.2) is 41.3 Å². The normalized spacial score (nSPS) is 36.9. The van der Waals surface area contributed by atoms with E-state index in [0.29, 0.717) is 25.0 Å². The molecule has 4 N–H and O–H groups in total. The molecule has 1 aromatic carbocycles. The molecular weight excluding hydrogens is 1160 g/mol. The second-order valence-electron chi connectivity index (χ2n) is 26.1. The van der Waals surface area contributed by atoms with E-state index in [1.165, 1.54) is 54.0 Å². The zero-order valence-corrected chi connectivity index (χ0v) is 54.9. The van der Waals surface area contributed by atoms with Crippen molar-refractivity contribution >= 4 is 39.5 Å². The van der Waals surface area contributed by atoms with Gasteiger partial charge in [0, 0.05) is 70.0 Å². The van der Waals surface area contributed by atoms with Crippen molar-refractivity contribution in [3.63, 3.8) is 0 Å². The smallest absolute Gasteiger partial charge is 0.408 e. The van der Waals surface area contributed by atoms with Crippen LogP contribution in [0.4, 0.5) is 10.5 Å². The van der Waals surface area contributed by atoms with Crippen LogP contribution >= 0.6 is 0 Å². The fraction of sp³-hybridized carbons (Fsp3) is 0.803. The van der Waals surface area contributed by atoms with Crippen LogP contribution in [0.3, 0.4) is 0 Å². The van der Waals surface area contributed by atoms with E-state index in [2.05, 4.69) is 21.5 Å². The number of cyclic esters (lactones) is 1. The molecule has 4 aliphatic rings. The van der Waals surface area contributed by atoms with Gasteiger partial charge in [-0.25, -0.2) is 17.9 Å². The largest absolute Gasteiger partial charge is 0.461 e. The topological polar surface area (TPSA) is 315 Å². The number of esters is 2. The number of likely N-dealkylation sites (N-methyl/N-ethyl adjacent to an activating group) is 1. The van der Waals surface area contributed by atoms with Crippen LogP contribution < -0.4 is 10.0 Å². The van der Waals surface area contributed by atoms with E-state index in [1.54, 1.807) is 48.5 Å². The maximum Gasteiger partial charge on any atom is 0.408 e.